The van der Waals surface area contributed by atoms with Crippen LogP contribution in [0, 0.1) is 13.8 Å². The molecule has 0 bridgehead atoms. The van der Waals surface area contributed by atoms with Crippen LogP contribution in [0.3, 0.4) is 0 Å². The van der Waals surface area contributed by atoms with Gasteiger partial charge < -0.3 is 9.84 Å². The Labute approximate surface area is 171 Å². The van der Waals surface area contributed by atoms with Crippen LogP contribution in [0.4, 0.5) is 0 Å². The molecule has 1 N–H and O–H groups in total. The van der Waals surface area contributed by atoms with Crippen molar-refractivity contribution in [1.29, 1.82) is 0 Å². The third-order valence-corrected chi connectivity index (χ3v) is 4.12. The number of nitrogens with zero attached hydrogens (tertiary/aromatic N) is 2. The molecule has 2 aromatic heterocycles. The topological polar surface area (TPSA) is 89.4 Å². The van der Waals surface area contributed by atoms with E-state index < -0.39 is 11.9 Å². The summed E-state index contributed by atoms with van der Waals surface area (Å²) in [5.41, 5.74) is 1.75. The molecule has 1 aromatic carbocycles. The Balaban J connectivity index is 0.000000221. The number of benzene rings is 1. The Morgan fingerprint density at radius 1 is 0.857 bits per heavy atom. The van der Waals surface area contributed by atoms with Crippen LogP contribution in [-0.2, 0) is 0 Å². The summed E-state index contributed by atoms with van der Waals surface area (Å²) in [6.45, 7) is 3.42. The van der Waals surface area contributed by atoms with E-state index >= 15 is 0 Å². The zero-order chi connectivity index (χ0) is 20.7. The number of hydrogen-bond donors (Lipinski definition) is 1. The summed E-state index contributed by atoms with van der Waals surface area (Å²) in [6, 6.07) is 8.86. The van der Waals surface area contributed by atoms with Gasteiger partial charge in [-0.2, -0.15) is 0 Å². The molecule has 0 saturated carbocycles. The van der Waals surface area contributed by atoms with Gasteiger partial charge in [0.1, 0.15) is 5.75 Å². The second kappa shape index (κ2) is 9.82. The van der Waals surface area contributed by atoms with E-state index in [1.54, 1.807) is 44.3 Å². The predicted octanol–water partition coefficient (Wildman–Crippen LogP) is 5.00. The largest absolute Gasteiger partial charge is 0.478 e. The molecule has 0 radical (unpaired) electrons. The van der Waals surface area contributed by atoms with Gasteiger partial charge in [0.15, 0.2) is 0 Å². The van der Waals surface area contributed by atoms with Crippen LogP contribution in [0.5, 0.6) is 5.75 Å². The van der Waals surface area contributed by atoms with Crippen LogP contribution in [0.2, 0.25) is 10.0 Å². The molecule has 2 heterocycles. The Morgan fingerprint density at radius 2 is 1.36 bits per heavy atom. The first-order valence-corrected chi connectivity index (χ1v) is 8.77. The molecule has 0 atom stereocenters. The second-order valence-corrected chi connectivity index (χ2v) is 6.45. The van der Waals surface area contributed by atoms with Crippen LogP contribution < -0.4 is 4.74 Å². The number of aromatic nitrogens is 2. The number of ether oxygens (including phenoxy) is 1. The van der Waals surface area contributed by atoms with Gasteiger partial charge in [0.25, 0.3) is 0 Å². The standard InChI is InChI=1S/C13H10ClNO2.C7H6ClNO2/c1-9-7-15-8-11(14)12(9)13(16)17-10-5-3-2-4-6-10;1-4-2-9-3-5(8)6(4)7(10)11/h2-8H,1H3;2-3H,1H3,(H,10,11). The first-order chi connectivity index (χ1) is 13.3. The lowest BCUT2D eigenvalue weighted by Crippen LogP contribution is -2.11. The SMILES string of the molecule is Cc1cncc(Cl)c1C(=O)O.Cc1cncc(Cl)c1C(=O)Oc1ccccc1. The van der Waals surface area contributed by atoms with E-state index in [4.69, 9.17) is 33.0 Å². The van der Waals surface area contributed by atoms with Gasteiger partial charge >= 0.3 is 11.9 Å². The maximum absolute atomic E-state index is 11.9. The Hall–Kier alpha value is -2.96. The van der Waals surface area contributed by atoms with Gasteiger partial charge in [-0.05, 0) is 37.1 Å². The molecule has 0 aliphatic rings. The van der Waals surface area contributed by atoms with Crippen LogP contribution in [-0.4, -0.2) is 27.0 Å². The number of pyridine rings is 2. The fourth-order valence-electron chi connectivity index (χ4n) is 2.24. The van der Waals surface area contributed by atoms with E-state index in [0.717, 1.165) is 0 Å². The molecule has 0 amide bonds. The Morgan fingerprint density at radius 3 is 1.79 bits per heavy atom. The third kappa shape index (κ3) is 5.52. The lowest BCUT2D eigenvalue weighted by Gasteiger charge is -2.07. The number of aryl methyl sites for hydroxylation is 2. The van der Waals surface area contributed by atoms with E-state index in [1.165, 1.54) is 18.6 Å². The predicted molar refractivity (Wildman–Crippen MR) is 106 cm³/mol. The highest BCUT2D eigenvalue weighted by atomic mass is 35.5. The zero-order valence-electron chi connectivity index (χ0n) is 15.0. The van der Waals surface area contributed by atoms with Crippen molar-refractivity contribution in [2.45, 2.75) is 13.8 Å². The summed E-state index contributed by atoms with van der Waals surface area (Å²) in [5.74, 6) is -0.999. The molecule has 0 aliphatic carbocycles. The molecular weight excluding hydrogens is 403 g/mol. The molecule has 0 fully saturated rings. The van der Waals surface area contributed by atoms with E-state index in [0.29, 0.717) is 27.5 Å². The molecular formula is C20H16Cl2N2O4. The molecule has 0 saturated heterocycles. The molecule has 144 valence electrons. The summed E-state index contributed by atoms with van der Waals surface area (Å²) in [4.78, 5) is 30.1. The maximum Gasteiger partial charge on any atom is 0.345 e. The molecule has 3 aromatic rings. The number of halogens is 2. The first kappa shape index (κ1) is 21.3. The van der Waals surface area contributed by atoms with Crippen molar-refractivity contribution in [3.8, 4) is 5.75 Å². The van der Waals surface area contributed by atoms with Crippen molar-refractivity contribution < 1.29 is 19.4 Å². The average Bonchev–Trinajstić information content (AvgIpc) is 2.62. The highest BCUT2D eigenvalue weighted by Gasteiger charge is 2.15. The van der Waals surface area contributed by atoms with Crippen molar-refractivity contribution >= 4 is 35.1 Å². The van der Waals surface area contributed by atoms with Gasteiger partial charge in [0, 0.05) is 24.8 Å². The third-order valence-electron chi connectivity index (χ3n) is 3.55. The highest BCUT2D eigenvalue weighted by Crippen LogP contribution is 2.20. The summed E-state index contributed by atoms with van der Waals surface area (Å²) in [6.07, 6.45) is 5.79. The summed E-state index contributed by atoms with van der Waals surface area (Å²) in [7, 11) is 0. The number of carboxylic acids is 1. The number of hydrogen-bond acceptors (Lipinski definition) is 5. The monoisotopic (exact) mass is 418 g/mol. The van der Waals surface area contributed by atoms with Gasteiger partial charge in [-0.1, -0.05) is 41.4 Å². The Bertz CT molecular complexity index is 954. The highest BCUT2D eigenvalue weighted by molar-refractivity contribution is 6.34. The van der Waals surface area contributed by atoms with Crippen LogP contribution >= 0.6 is 23.2 Å². The van der Waals surface area contributed by atoms with Crippen molar-refractivity contribution in [3.63, 3.8) is 0 Å². The number of aromatic carboxylic acids is 1. The lowest BCUT2D eigenvalue weighted by molar-refractivity contribution is 0.0693. The minimum Gasteiger partial charge on any atom is -0.478 e. The fourth-order valence-corrected chi connectivity index (χ4v) is 2.81. The van der Waals surface area contributed by atoms with Crippen molar-refractivity contribution in [2.24, 2.45) is 0 Å². The van der Waals surface area contributed by atoms with Crippen LogP contribution in [0.1, 0.15) is 31.8 Å². The van der Waals surface area contributed by atoms with Crippen molar-refractivity contribution in [2.75, 3.05) is 0 Å². The summed E-state index contributed by atoms with van der Waals surface area (Å²) in [5, 5.41) is 9.11. The normalized spacial score (nSPS) is 9.86. The average molecular weight is 419 g/mol. The summed E-state index contributed by atoms with van der Waals surface area (Å²) >= 11 is 11.5. The maximum atomic E-state index is 11.9. The molecule has 8 heteroatoms. The molecule has 0 aliphatic heterocycles. The number of esters is 1. The van der Waals surface area contributed by atoms with E-state index in [2.05, 4.69) is 9.97 Å². The van der Waals surface area contributed by atoms with E-state index in [9.17, 15) is 9.59 Å². The number of para-hydroxylation sites is 1. The number of rotatable bonds is 3. The second-order valence-electron chi connectivity index (χ2n) is 5.63. The molecule has 0 spiro atoms. The van der Waals surface area contributed by atoms with Gasteiger partial charge in [-0.3, -0.25) is 9.97 Å². The zero-order valence-corrected chi connectivity index (χ0v) is 16.5. The van der Waals surface area contributed by atoms with Gasteiger partial charge in [-0.25, -0.2) is 9.59 Å². The smallest absolute Gasteiger partial charge is 0.345 e. The minimum absolute atomic E-state index is 0.127. The van der Waals surface area contributed by atoms with Crippen molar-refractivity contribution in [1.82, 2.24) is 9.97 Å². The Kier molecular flexibility index (Phi) is 7.49. The van der Waals surface area contributed by atoms with Gasteiger partial charge in [-0.15, -0.1) is 0 Å². The molecule has 6 nitrogen and oxygen atoms in total. The molecule has 0 unspecified atom stereocenters. The van der Waals surface area contributed by atoms with Gasteiger partial charge in [0.2, 0.25) is 0 Å². The minimum atomic E-state index is -1.02. The number of carbonyl (C=O) groups is 2. The van der Waals surface area contributed by atoms with Crippen LogP contribution in [0.15, 0.2) is 55.1 Å². The van der Waals surface area contributed by atoms with E-state index in [1.807, 2.05) is 6.07 Å². The molecule has 28 heavy (non-hydrogen) atoms. The van der Waals surface area contributed by atoms with E-state index in [-0.39, 0.29) is 10.6 Å². The number of carbonyl (C=O) groups excluding carboxylic acids is 1. The quantitative estimate of drug-likeness (QED) is 0.475. The lowest BCUT2D eigenvalue weighted by atomic mass is 10.1. The fraction of sp³-hybridized carbons (Fsp3) is 0.100. The van der Waals surface area contributed by atoms with Crippen molar-refractivity contribution in [3.05, 3.63) is 87.4 Å². The van der Waals surface area contributed by atoms with Gasteiger partial charge in [0.05, 0.1) is 21.2 Å². The molecule has 3 rings (SSSR count). The summed E-state index contributed by atoms with van der Waals surface area (Å²) < 4.78 is 5.21. The number of carboxylic acid groups (broad SMARTS) is 1. The first-order valence-electron chi connectivity index (χ1n) is 8.02. The van der Waals surface area contributed by atoms with Crippen LogP contribution in [0.25, 0.3) is 0 Å².